The Kier molecular flexibility index (Phi) is 7.65. The van der Waals surface area contributed by atoms with Crippen molar-refractivity contribution in [1.82, 2.24) is 0 Å². The van der Waals surface area contributed by atoms with Gasteiger partial charge in [-0.05, 0) is 43.0 Å². The zero-order valence-corrected chi connectivity index (χ0v) is 16.0. The second-order valence-electron chi connectivity index (χ2n) is 6.45. The van der Waals surface area contributed by atoms with Gasteiger partial charge in [-0.15, -0.1) is 0 Å². The zero-order valence-electron chi connectivity index (χ0n) is 15.3. The fourth-order valence-corrected chi connectivity index (χ4v) is 3.66. The van der Waals surface area contributed by atoms with E-state index < -0.39 is 0 Å². The standard InChI is InChI=1S/C22H30ClN/c1-4-9-19(10-5-2)24(17-6-3)20-15-13-18(14-16-20)21-11-7-8-12-22(21)23/h7-8,11-16,19H,4-6,9-10,17H2,1-3H3. The van der Waals surface area contributed by atoms with E-state index in [0.29, 0.717) is 6.04 Å². The van der Waals surface area contributed by atoms with E-state index in [0.717, 1.165) is 17.1 Å². The molecule has 0 radical (unpaired) electrons. The number of nitrogens with zero attached hydrogens (tertiary/aromatic N) is 1. The summed E-state index contributed by atoms with van der Waals surface area (Å²) in [5.74, 6) is 0. The first kappa shape index (κ1) is 18.9. The lowest BCUT2D eigenvalue weighted by Gasteiger charge is -2.34. The van der Waals surface area contributed by atoms with Crippen LogP contribution in [0.3, 0.4) is 0 Å². The van der Waals surface area contributed by atoms with Crippen molar-refractivity contribution in [3.05, 3.63) is 53.6 Å². The summed E-state index contributed by atoms with van der Waals surface area (Å²) in [6.45, 7) is 7.96. The fraction of sp³-hybridized carbons (Fsp3) is 0.455. The van der Waals surface area contributed by atoms with Crippen molar-refractivity contribution in [2.75, 3.05) is 11.4 Å². The molecular formula is C22H30ClN. The van der Waals surface area contributed by atoms with Gasteiger partial charge in [-0.25, -0.2) is 0 Å². The fourth-order valence-electron chi connectivity index (χ4n) is 3.41. The van der Waals surface area contributed by atoms with Crippen molar-refractivity contribution in [3.63, 3.8) is 0 Å². The molecule has 0 aliphatic carbocycles. The minimum Gasteiger partial charge on any atom is -0.369 e. The molecule has 0 unspecified atom stereocenters. The van der Waals surface area contributed by atoms with E-state index in [2.05, 4.69) is 56.0 Å². The van der Waals surface area contributed by atoms with E-state index in [1.165, 1.54) is 43.4 Å². The highest BCUT2D eigenvalue weighted by atomic mass is 35.5. The van der Waals surface area contributed by atoms with Crippen LogP contribution in [0.25, 0.3) is 11.1 Å². The van der Waals surface area contributed by atoms with Gasteiger partial charge in [-0.3, -0.25) is 0 Å². The molecule has 2 aromatic carbocycles. The average molecular weight is 344 g/mol. The predicted octanol–water partition coefficient (Wildman–Crippen LogP) is 7.19. The van der Waals surface area contributed by atoms with Gasteiger partial charge in [0.15, 0.2) is 0 Å². The topological polar surface area (TPSA) is 3.24 Å². The molecule has 0 aromatic heterocycles. The summed E-state index contributed by atoms with van der Waals surface area (Å²) in [5, 5.41) is 0.811. The molecule has 2 heteroatoms. The van der Waals surface area contributed by atoms with Crippen LogP contribution in [-0.4, -0.2) is 12.6 Å². The van der Waals surface area contributed by atoms with E-state index >= 15 is 0 Å². The molecular weight excluding hydrogens is 314 g/mol. The van der Waals surface area contributed by atoms with Crippen molar-refractivity contribution in [2.24, 2.45) is 0 Å². The molecule has 0 amide bonds. The molecule has 0 spiro atoms. The van der Waals surface area contributed by atoms with Crippen LogP contribution in [0, 0.1) is 0 Å². The molecule has 0 bridgehead atoms. The number of benzene rings is 2. The summed E-state index contributed by atoms with van der Waals surface area (Å²) < 4.78 is 0. The van der Waals surface area contributed by atoms with E-state index in [4.69, 9.17) is 11.6 Å². The van der Waals surface area contributed by atoms with Gasteiger partial charge in [-0.1, -0.05) is 75.5 Å². The van der Waals surface area contributed by atoms with Crippen LogP contribution in [0.1, 0.15) is 52.9 Å². The van der Waals surface area contributed by atoms with Gasteiger partial charge in [-0.2, -0.15) is 0 Å². The van der Waals surface area contributed by atoms with E-state index in [9.17, 15) is 0 Å². The normalized spacial score (nSPS) is 11.0. The summed E-state index contributed by atoms with van der Waals surface area (Å²) in [7, 11) is 0. The second kappa shape index (κ2) is 9.74. The Hall–Kier alpha value is -1.47. The first-order chi connectivity index (χ1) is 11.7. The van der Waals surface area contributed by atoms with Gasteiger partial charge in [0.05, 0.1) is 0 Å². The summed E-state index contributed by atoms with van der Waals surface area (Å²) in [6.07, 6.45) is 6.18. The number of anilines is 1. The van der Waals surface area contributed by atoms with Crippen LogP contribution >= 0.6 is 11.6 Å². The highest BCUT2D eigenvalue weighted by molar-refractivity contribution is 6.33. The van der Waals surface area contributed by atoms with E-state index in [1.807, 2.05) is 18.2 Å². The Morgan fingerprint density at radius 1 is 0.833 bits per heavy atom. The maximum atomic E-state index is 6.33. The molecule has 0 fully saturated rings. The SMILES string of the molecule is CCCC(CCC)N(CCC)c1ccc(-c2ccccc2Cl)cc1. The number of halogens is 1. The van der Waals surface area contributed by atoms with Crippen LogP contribution < -0.4 is 4.90 Å². The molecule has 0 saturated carbocycles. The predicted molar refractivity (Wildman–Crippen MR) is 108 cm³/mol. The number of hydrogen-bond acceptors (Lipinski definition) is 1. The molecule has 0 aliphatic heterocycles. The third kappa shape index (κ3) is 4.77. The minimum absolute atomic E-state index is 0.645. The molecule has 0 N–H and O–H groups in total. The largest absolute Gasteiger partial charge is 0.369 e. The molecule has 0 heterocycles. The lowest BCUT2D eigenvalue weighted by Crippen LogP contribution is -2.36. The van der Waals surface area contributed by atoms with Crippen LogP contribution in [0.2, 0.25) is 5.02 Å². The zero-order chi connectivity index (χ0) is 17.4. The first-order valence-corrected chi connectivity index (χ1v) is 9.70. The Balaban J connectivity index is 2.26. The first-order valence-electron chi connectivity index (χ1n) is 9.32. The van der Waals surface area contributed by atoms with Gasteiger partial charge in [0.2, 0.25) is 0 Å². The Morgan fingerprint density at radius 2 is 1.46 bits per heavy atom. The summed E-state index contributed by atoms with van der Waals surface area (Å²) in [5.41, 5.74) is 3.62. The lowest BCUT2D eigenvalue weighted by molar-refractivity contribution is 0.502. The van der Waals surface area contributed by atoms with Crippen molar-refractivity contribution in [2.45, 2.75) is 58.9 Å². The minimum atomic E-state index is 0.645. The Bertz CT molecular complexity index is 600. The second-order valence-corrected chi connectivity index (χ2v) is 6.86. The smallest absolute Gasteiger partial charge is 0.0484 e. The third-order valence-electron chi connectivity index (χ3n) is 4.53. The molecule has 1 nitrogen and oxygen atoms in total. The summed E-state index contributed by atoms with van der Waals surface area (Å²) in [6, 6.07) is 17.6. The van der Waals surface area contributed by atoms with Gasteiger partial charge >= 0.3 is 0 Å². The van der Waals surface area contributed by atoms with E-state index in [1.54, 1.807) is 0 Å². The van der Waals surface area contributed by atoms with Gasteiger partial charge in [0, 0.05) is 28.9 Å². The molecule has 2 rings (SSSR count). The maximum absolute atomic E-state index is 6.33. The third-order valence-corrected chi connectivity index (χ3v) is 4.86. The van der Waals surface area contributed by atoms with Crippen LogP contribution in [-0.2, 0) is 0 Å². The van der Waals surface area contributed by atoms with Crippen LogP contribution in [0.15, 0.2) is 48.5 Å². The maximum Gasteiger partial charge on any atom is 0.0484 e. The highest BCUT2D eigenvalue weighted by Crippen LogP contribution is 2.30. The quantitative estimate of drug-likeness (QED) is 0.465. The van der Waals surface area contributed by atoms with Gasteiger partial charge in [0.1, 0.15) is 0 Å². The Labute approximate surface area is 152 Å². The number of hydrogen-bond donors (Lipinski definition) is 0. The Morgan fingerprint density at radius 3 is 2.00 bits per heavy atom. The van der Waals surface area contributed by atoms with Crippen LogP contribution in [0.4, 0.5) is 5.69 Å². The van der Waals surface area contributed by atoms with Gasteiger partial charge in [0.25, 0.3) is 0 Å². The van der Waals surface area contributed by atoms with E-state index in [-0.39, 0.29) is 0 Å². The molecule has 2 aromatic rings. The average Bonchev–Trinajstić information content (AvgIpc) is 2.60. The molecule has 0 atom stereocenters. The molecule has 130 valence electrons. The summed E-state index contributed by atoms with van der Waals surface area (Å²) in [4.78, 5) is 2.60. The molecule has 0 saturated heterocycles. The van der Waals surface area contributed by atoms with Crippen molar-refractivity contribution >= 4 is 17.3 Å². The molecule has 0 aliphatic rings. The lowest BCUT2D eigenvalue weighted by atomic mass is 10.0. The van der Waals surface area contributed by atoms with Crippen LogP contribution in [0.5, 0.6) is 0 Å². The number of rotatable bonds is 9. The van der Waals surface area contributed by atoms with Gasteiger partial charge < -0.3 is 4.90 Å². The molecule has 24 heavy (non-hydrogen) atoms. The van der Waals surface area contributed by atoms with Crippen molar-refractivity contribution in [3.8, 4) is 11.1 Å². The highest BCUT2D eigenvalue weighted by Gasteiger charge is 2.17. The summed E-state index contributed by atoms with van der Waals surface area (Å²) >= 11 is 6.33. The van der Waals surface area contributed by atoms with Crippen molar-refractivity contribution < 1.29 is 0 Å². The van der Waals surface area contributed by atoms with Crippen molar-refractivity contribution in [1.29, 1.82) is 0 Å². The monoisotopic (exact) mass is 343 g/mol.